The van der Waals surface area contributed by atoms with Crippen molar-refractivity contribution in [2.45, 2.75) is 18.2 Å². The molecule has 28 heavy (non-hydrogen) atoms. The Bertz CT molecular complexity index is 1310. The molecule has 7 heteroatoms. The number of nitrogens with zero attached hydrogens (tertiary/aromatic N) is 3. The van der Waals surface area contributed by atoms with Crippen LogP contribution in [0.25, 0.3) is 11.0 Å². The van der Waals surface area contributed by atoms with Gasteiger partial charge in [-0.25, -0.2) is 0 Å². The van der Waals surface area contributed by atoms with E-state index in [9.17, 15) is 9.59 Å². The molecule has 0 spiro atoms. The van der Waals surface area contributed by atoms with Gasteiger partial charge in [0.15, 0.2) is 0 Å². The summed E-state index contributed by atoms with van der Waals surface area (Å²) in [6.07, 6.45) is 4.17. The average Bonchev–Trinajstić information content (AvgIpc) is 2.99. The standard InChI is InChI=1S/C21H17N3O2S2/c1-13-3-5-14(6-4-13)11-17-19(25)22-21-24(23-17)20(26)18(28-21)12-15-7-9-16(27-2)10-8-15/h3-10,12H,11H2,1-2H3/b18-12+. The summed E-state index contributed by atoms with van der Waals surface area (Å²) >= 11 is 2.84. The monoisotopic (exact) mass is 407 g/mol. The molecule has 0 aliphatic carbocycles. The van der Waals surface area contributed by atoms with E-state index in [0.717, 1.165) is 21.6 Å². The summed E-state index contributed by atoms with van der Waals surface area (Å²) in [6.45, 7) is 2.01. The lowest BCUT2D eigenvalue weighted by Crippen LogP contribution is -2.28. The molecule has 0 atom stereocenters. The fraction of sp³-hybridized carbons (Fsp3) is 0.143. The first-order valence-corrected chi connectivity index (χ1v) is 10.7. The van der Waals surface area contributed by atoms with Crippen LogP contribution in [0.4, 0.5) is 0 Å². The second-order valence-electron chi connectivity index (χ2n) is 6.41. The molecule has 5 nitrogen and oxygen atoms in total. The van der Waals surface area contributed by atoms with E-state index in [1.165, 1.54) is 15.9 Å². The lowest BCUT2D eigenvalue weighted by atomic mass is 10.1. The smallest absolute Gasteiger partial charge is 0.266 e. The molecule has 2 aromatic heterocycles. The first kappa shape index (κ1) is 18.6. The molecular formula is C21H17N3O2S2. The van der Waals surface area contributed by atoms with Crippen molar-refractivity contribution in [1.29, 1.82) is 0 Å². The molecule has 0 radical (unpaired) electrons. The van der Waals surface area contributed by atoms with Crippen molar-refractivity contribution >= 4 is 34.1 Å². The Morgan fingerprint density at radius 1 is 1.07 bits per heavy atom. The quantitative estimate of drug-likeness (QED) is 0.487. The summed E-state index contributed by atoms with van der Waals surface area (Å²) in [6, 6.07) is 15.8. The van der Waals surface area contributed by atoms with Gasteiger partial charge in [-0.1, -0.05) is 53.3 Å². The molecular weight excluding hydrogens is 390 g/mol. The van der Waals surface area contributed by atoms with Gasteiger partial charge in [0.05, 0.1) is 4.53 Å². The van der Waals surface area contributed by atoms with Crippen LogP contribution in [0.2, 0.25) is 0 Å². The molecule has 0 aliphatic heterocycles. The highest BCUT2D eigenvalue weighted by atomic mass is 32.2. The minimum absolute atomic E-state index is 0.258. The zero-order chi connectivity index (χ0) is 19.7. The zero-order valence-corrected chi connectivity index (χ0v) is 17.0. The summed E-state index contributed by atoms with van der Waals surface area (Å²) in [7, 11) is 0. The Balaban J connectivity index is 1.76. The van der Waals surface area contributed by atoms with E-state index in [4.69, 9.17) is 0 Å². The largest absolute Gasteiger partial charge is 0.296 e. The molecule has 2 heterocycles. The fourth-order valence-electron chi connectivity index (χ4n) is 2.80. The number of aromatic nitrogens is 3. The van der Waals surface area contributed by atoms with E-state index in [2.05, 4.69) is 10.1 Å². The van der Waals surface area contributed by atoms with Crippen molar-refractivity contribution in [3.8, 4) is 0 Å². The topological polar surface area (TPSA) is 64.3 Å². The number of aryl methyl sites for hydroxylation is 1. The summed E-state index contributed by atoms with van der Waals surface area (Å²) in [4.78, 5) is 30.7. The van der Waals surface area contributed by atoms with Crippen LogP contribution < -0.4 is 15.7 Å². The maximum atomic E-state index is 12.8. The SMILES string of the molecule is CSc1ccc(/C=c2/sc3nc(=O)c(Cc4ccc(C)cc4)nn3c2=O)cc1. The van der Waals surface area contributed by atoms with Crippen LogP contribution in [-0.2, 0) is 6.42 Å². The van der Waals surface area contributed by atoms with Crippen molar-refractivity contribution in [2.24, 2.45) is 0 Å². The second kappa shape index (κ2) is 7.69. The Labute approximate surface area is 169 Å². The van der Waals surface area contributed by atoms with Gasteiger partial charge in [0.1, 0.15) is 5.69 Å². The maximum Gasteiger partial charge on any atom is 0.296 e. The van der Waals surface area contributed by atoms with Crippen LogP contribution in [0.1, 0.15) is 22.4 Å². The average molecular weight is 408 g/mol. The molecule has 4 aromatic rings. The normalized spacial score (nSPS) is 12.0. The predicted octanol–water partition coefficient (Wildman–Crippen LogP) is 2.68. The summed E-state index contributed by atoms with van der Waals surface area (Å²) in [5.41, 5.74) is 2.65. The van der Waals surface area contributed by atoms with Crippen molar-refractivity contribution in [3.63, 3.8) is 0 Å². The number of thiazole rings is 1. The molecule has 0 unspecified atom stereocenters. The first-order chi connectivity index (χ1) is 13.5. The van der Waals surface area contributed by atoms with Gasteiger partial charge in [-0.05, 0) is 42.5 Å². The maximum absolute atomic E-state index is 12.8. The molecule has 4 rings (SSSR count). The van der Waals surface area contributed by atoms with E-state index >= 15 is 0 Å². The lowest BCUT2D eigenvalue weighted by Gasteiger charge is -2.01. The van der Waals surface area contributed by atoms with Gasteiger partial charge in [0.2, 0.25) is 4.96 Å². The third kappa shape index (κ3) is 3.76. The molecule has 0 saturated carbocycles. The van der Waals surface area contributed by atoms with Crippen LogP contribution in [0.15, 0.2) is 63.0 Å². The number of benzene rings is 2. The van der Waals surface area contributed by atoms with Gasteiger partial charge in [-0.2, -0.15) is 14.6 Å². The second-order valence-corrected chi connectivity index (χ2v) is 8.30. The molecule has 0 bridgehead atoms. The zero-order valence-electron chi connectivity index (χ0n) is 15.4. The number of hydrogen-bond donors (Lipinski definition) is 0. The van der Waals surface area contributed by atoms with Gasteiger partial charge in [0, 0.05) is 11.3 Å². The third-order valence-corrected chi connectivity index (χ3v) is 6.06. The molecule has 0 aliphatic rings. The van der Waals surface area contributed by atoms with Crippen molar-refractivity contribution < 1.29 is 0 Å². The van der Waals surface area contributed by atoms with E-state index in [-0.39, 0.29) is 11.3 Å². The van der Waals surface area contributed by atoms with Gasteiger partial charge in [0.25, 0.3) is 11.1 Å². The van der Waals surface area contributed by atoms with Gasteiger partial charge in [-0.15, -0.1) is 11.8 Å². The molecule has 140 valence electrons. The summed E-state index contributed by atoms with van der Waals surface area (Å²) in [5.74, 6) is 0. The first-order valence-electron chi connectivity index (χ1n) is 8.67. The summed E-state index contributed by atoms with van der Waals surface area (Å²) in [5, 5.41) is 4.30. The van der Waals surface area contributed by atoms with E-state index < -0.39 is 5.56 Å². The van der Waals surface area contributed by atoms with Gasteiger partial charge < -0.3 is 0 Å². The van der Waals surface area contributed by atoms with Crippen molar-refractivity contribution in [1.82, 2.24) is 14.6 Å². The molecule has 0 fully saturated rings. The fourth-order valence-corrected chi connectivity index (χ4v) is 4.12. The van der Waals surface area contributed by atoms with E-state index in [1.54, 1.807) is 17.8 Å². The third-order valence-electron chi connectivity index (χ3n) is 4.36. The minimum Gasteiger partial charge on any atom is -0.266 e. The van der Waals surface area contributed by atoms with Crippen molar-refractivity contribution in [2.75, 3.05) is 6.26 Å². The lowest BCUT2D eigenvalue weighted by molar-refractivity contribution is 0.811. The Kier molecular flexibility index (Phi) is 5.11. The Morgan fingerprint density at radius 3 is 2.46 bits per heavy atom. The number of rotatable bonds is 4. The highest BCUT2D eigenvalue weighted by Crippen LogP contribution is 2.15. The van der Waals surface area contributed by atoms with Crippen LogP contribution in [0.5, 0.6) is 0 Å². The Hall–Kier alpha value is -2.77. The highest BCUT2D eigenvalue weighted by Gasteiger charge is 2.11. The van der Waals surface area contributed by atoms with Crippen LogP contribution in [-0.4, -0.2) is 20.9 Å². The molecule has 0 saturated heterocycles. The van der Waals surface area contributed by atoms with Crippen LogP contribution in [0, 0.1) is 6.92 Å². The Morgan fingerprint density at radius 2 is 1.79 bits per heavy atom. The van der Waals surface area contributed by atoms with Crippen LogP contribution in [0.3, 0.4) is 0 Å². The molecule has 0 amide bonds. The van der Waals surface area contributed by atoms with Gasteiger partial charge >= 0.3 is 0 Å². The van der Waals surface area contributed by atoms with Crippen molar-refractivity contribution in [3.05, 3.63) is 96.2 Å². The number of fused-ring (bicyclic) bond motifs is 1. The van der Waals surface area contributed by atoms with Crippen LogP contribution >= 0.6 is 23.1 Å². The summed E-state index contributed by atoms with van der Waals surface area (Å²) < 4.78 is 1.74. The number of hydrogen-bond acceptors (Lipinski definition) is 6. The number of thioether (sulfide) groups is 1. The predicted molar refractivity (Wildman–Crippen MR) is 114 cm³/mol. The van der Waals surface area contributed by atoms with E-state index in [0.29, 0.717) is 15.9 Å². The molecule has 0 N–H and O–H groups in total. The highest BCUT2D eigenvalue weighted by molar-refractivity contribution is 7.98. The molecule has 2 aromatic carbocycles. The minimum atomic E-state index is -0.391. The van der Waals surface area contributed by atoms with Gasteiger partial charge in [-0.3, -0.25) is 9.59 Å². The van der Waals surface area contributed by atoms with E-state index in [1.807, 2.05) is 61.7 Å².